The monoisotopic (exact) mass is 402 g/mol. The van der Waals surface area contributed by atoms with Gasteiger partial charge in [0, 0.05) is 13.1 Å². The van der Waals surface area contributed by atoms with Gasteiger partial charge in [-0.05, 0) is 55.5 Å². The third-order valence-electron chi connectivity index (χ3n) is 3.92. The van der Waals surface area contributed by atoms with E-state index < -0.39 is 0 Å². The Morgan fingerprint density at radius 2 is 1.38 bits per heavy atom. The molecule has 1 aromatic rings. The summed E-state index contributed by atoms with van der Waals surface area (Å²) in [7, 11) is 0. The van der Waals surface area contributed by atoms with Crippen LogP contribution in [0.15, 0.2) is 49.6 Å². The first kappa shape index (κ1) is 23.9. The molecule has 0 saturated carbocycles. The van der Waals surface area contributed by atoms with Crippen LogP contribution in [0.3, 0.4) is 0 Å². The normalized spacial score (nSPS) is 9.93. The third kappa shape index (κ3) is 12.1. The van der Waals surface area contributed by atoms with Crippen molar-refractivity contribution < 1.29 is 23.9 Å². The lowest BCUT2D eigenvalue weighted by molar-refractivity contribution is -0.143. The van der Waals surface area contributed by atoms with Crippen molar-refractivity contribution in [1.29, 1.82) is 0 Å². The molecule has 0 atom stereocenters. The van der Waals surface area contributed by atoms with Crippen LogP contribution in [0.25, 0.3) is 0 Å². The fraction of sp³-hybridized carbons (Fsp3) is 0.409. The molecule has 1 aromatic carbocycles. The molecule has 0 aromatic heterocycles. The van der Waals surface area contributed by atoms with Gasteiger partial charge in [-0.2, -0.15) is 0 Å². The molecule has 0 saturated heterocycles. The maximum absolute atomic E-state index is 11.9. The molecular weight excluding hydrogens is 372 g/mol. The van der Waals surface area contributed by atoms with Gasteiger partial charge in [-0.1, -0.05) is 25.3 Å². The Hall–Kier alpha value is -3.09. The first-order valence-electron chi connectivity index (χ1n) is 9.73. The van der Waals surface area contributed by atoms with Crippen molar-refractivity contribution in [2.45, 2.75) is 32.1 Å². The number of hydrogen-bond acceptors (Lipinski definition) is 5. The highest BCUT2D eigenvalue weighted by molar-refractivity contribution is 5.87. The lowest BCUT2D eigenvalue weighted by Gasteiger charge is -2.08. The molecule has 0 aliphatic carbocycles. The minimum absolute atomic E-state index is 0.169. The van der Waals surface area contributed by atoms with Crippen molar-refractivity contribution in [2.24, 2.45) is 0 Å². The van der Waals surface area contributed by atoms with Crippen molar-refractivity contribution >= 4 is 17.8 Å². The molecule has 0 fully saturated rings. The Balaban J connectivity index is 2.13. The first-order valence-corrected chi connectivity index (χ1v) is 9.73. The highest BCUT2D eigenvalue weighted by Gasteiger charge is 2.05. The summed E-state index contributed by atoms with van der Waals surface area (Å²) in [6.45, 7) is 8.78. The van der Waals surface area contributed by atoms with E-state index in [4.69, 9.17) is 9.47 Å². The van der Waals surface area contributed by atoms with Gasteiger partial charge in [0.05, 0.1) is 19.6 Å². The average molecular weight is 402 g/mol. The van der Waals surface area contributed by atoms with Gasteiger partial charge in [0.2, 0.25) is 11.8 Å². The van der Waals surface area contributed by atoms with Gasteiger partial charge in [-0.15, -0.1) is 0 Å². The van der Waals surface area contributed by atoms with Crippen LogP contribution in [-0.2, 0) is 25.5 Å². The SMILES string of the molecule is C=CC(=O)NCCCCOC(=O)Cc1ccc(OCCCCNC(=O)C=C)cc1. The van der Waals surface area contributed by atoms with Crippen LogP contribution in [0, 0.1) is 0 Å². The van der Waals surface area contributed by atoms with E-state index in [-0.39, 0.29) is 24.2 Å². The van der Waals surface area contributed by atoms with Crippen LogP contribution < -0.4 is 15.4 Å². The molecule has 158 valence electrons. The second-order valence-electron chi connectivity index (χ2n) is 6.29. The zero-order valence-electron chi connectivity index (χ0n) is 16.8. The molecule has 2 N–H and O–H groups in total. The Bertz CT molecular complexity index is 670. The molecule has 7 nitrogen and oxygen atoms in total. The van der Waals surface area contributed by atoms with Crippen molar-refractivity contribution in [1.82, 2.24) is 10.6 Å². The third-order valence-corrected chi connectivity index (χ3v) is 3.92. The highest BCUT2D eigenvalue weighted by Crippen LogP contribution is 2.13. The van der Waals surface area contributed by atoms with Crippen LogP contribution in [-0.4, -0.2) is 44.1 Å². The van der Waals surface area contributed by atoms with E-state index in [1.165, 1.54) is 12.2 Å². The number of carbonyl (C=O) groups is 3. The topological polar surface area (TPSA) is 93.7 Å². The van der Waals surface area contributed by atoms with E-state index in [9.17, 15) is 14.4 Å². The molecule has 0 unspecified atom stereocenters. The number of nitrogens with one attached hydrogen (secondary N) is 2. The lowest BCUT2D eigenvalue weighted by atomic mass is 10.1. The van der Waals surface area contributed by atoms with E-state index in [1.807, 2.05) is 24.3 Å². The Morgan fingerprint density at radius 3 is 1.93 bits per heavy atom. The van der Waals surface area contributed by atoms with Crippen LogP contribution in [0.1, 0.15) is 31.2 Å². The second-order valence-corrected chi connectivity index (χ2v) is 6.29. The molecule has 0 aliphatic rings. The van der Waals surface area contributed by atoms with E-state index in [1.54, 1.807) is 0 Å². The molecule has 0 aliphatic heterocycles. The summed E-state index contributed by atoms with van der Waals surface area (Å²) in [6, 6.07) is 7.33. The lowest BCUT2D eigenvalue weighted by Crippen LogP contribution is -2.22. The fourth-order valence-corrected chi connectivity index (χ4v) is 2.32. The van der Waals surface area contributed by atoms with Crippen molar-refractivity contribution in [3.63, 3.8) is 0 Å². The quantitative estimate of drug-likeness (QED) is 0.267. The number of ether oxygens (including phenoxy) is 2. The smallest absolute Gasteiger partial charge is 0.310 e. The number of amides is 2. The summed E-state index contributed by atoms with van der Waals surface area (Å²) in [5.41, 5.74) is 0.854. The molecule has 0 bridgehead atoms. The Kier molecular flexibility index (Phi) is 12.3. The summed E-state index contributed by atoms with van der Waals surface area (Å²) in [5.74, 6) is 0.0812. The molecule has 0 heterocycles. The van der Waals surface area contributed by atoms with Gasteiger partial charge >= 0.3 is 5.97 Å². The van der Waals surface area contributed by atoms with Crippen LogP contribution in [0.2, 0.25) is 0 Å². The standard InChI is InChI=1S/C22H30N2O5/c1-3-20(25)23-13-5-7-15-28-19-11-9-18(10-12-19)17-22(27)29-16-8-6-14-24-21(26)4-2/h3-4,9-12H,1-2,5-8,13-17H2,(H,23,25)(H,24,26). The Labute approximate surface area is 172 Å². The Morgan fingerprint density at radius 1 is 0.828 bits per heavy atom. The minimum atomic E-state index is -0.282. The zero-order chi connectivity index (χ0) is 21.3. The number of rotatable bonds is 15. The predicted octanol–water partition coefficient (Wildman–Crippen LogP) is 2.32. The second kappa shape index (κ2) is 14.9. The van der Waals surface area contributed by atoms with Gasteiger partial charge in [0.25, 0.3) is 0 Å². The molecule has 0 spiro atoms. The fourth-order valence-electron chi connectivity index (χ4n) is 2.32. The molecule has 29 heavy (non-hydrogen) atoms. The summed E-state index contributed by atoms with van der Waals surface area (Å²) in [6.07, 6.45) is 5.75. The number of esters is 1. The van der Waals surface area contributed by atoms with E-state index in [0.717, 1.165) is 30.6 Å². The number of carbonyl (C=O) groups excluding carboxylic acids is 3. The summed E-state index contributed by atoms with van der Waals surface area (Å²) >= 11 is 0. The highest BCUT2D eigenvalue weighted by atomic mass is 16.5. The van der Waals surface area contributed by atoms with E-state index in [2.05, 4.69) is 23.8 Å². The summed E-state index contributed by atoms with van der Waals surface area (Å²) in [4.78, 5) is 33.8. The number of hydrogen-bond donors (Lipinski definition) is 2. The van der Waals surface area contributed by atoms with Crippen molar-refractivity contribution in [2.75, 3.05) is 26.3 Å². The van der Waals surface area contributed by atoms with E-state index >= 15 is 0 Å². The maximum atomic E-state index is 11.9. The molecule has 7 heteroatoms. The predicted molar refractivity (Wildman–Crippen MR) is 111 cm³/mol. The van der Waals surface area contributed by atoms with Gasteiger partial charge in [0.1, 0.15) is 5.75 Å². The molecular formula is C22H30N2O5. The van der Waals surface area contributed by atoms with E-state index in [0.29, 0.717) is 32.7 Å². The average Bonchev–Trinajstić information content (AvgIpc) is 2.73. The summed E-state index contributed by atoms with van der Waals surface area (Å²) < 4.78 is 10.8. The van der Waals surface area contributed by atoms with Gasteiger partial charge in [-0.25, -0.2) is 0 Å². The first-order chi connectivity index (χ1) is 14.0. The summed E-state index contributed by atoms with van der Waals surface area (Å²) in [5, 5.41) is 5.38. The van der Waals surface area contributed by atoms with Crippen LogP contribution in [0.4, 0.5) is 0 Å². The van der Waals surface area contributed by atoms with Gasteiger partial charge in [0.15, 0.2) is 0 Å². The van der Waals surface area contributed by atoms with Crippen molar-refractivity contribution in [3.05, 3.63) is 55.1 Å². The van der Waals surface area contributed by atoms with Crippen molar-refractivity contribution in [3.8, 4) is 5.75 Å². The van der Waals surface area contributed by atoms with Crippen LogP contribution >= 0.6 is 0 Å². The number of benzene rings is 1. The van der Waals surface area contributed by atoms with Crippen LogP contribution in [0.5, 0.6) is 5.75 Å². The minimum Gasteiger partial charge on any atom is -0.494 e. The van der Waals surface area contributed by atoms with Gasteiger partial charge < -0.3 is 20.1 Å². The molecule has 2 amide bonds. The maximum Gasteiger partial charge on any atom is 0.310 e. The zero-order valence-corrected chi connectivity index (χ0v) is 16.8. The molecule has 1 rings (SSSR count). The largest absolute Gasteiger partial charge is 0.494 e. The number of unbranched alkanes of at least 4 members (excludes halogenated alkanes) is 2. The molecule has 0 radical (unpaired) electrons. The van der Waals surface area contributed by atoms with Gasteiger partial charge in [-0.3, -0.25) is 14.4 Å².